The van der Waals surface area contributed by atoms with Gasteiger partial charge in [-0.3, -0.25) is 0 Å². The zero-order valence-corrected chi connectivity index (χ0v) is 18.2. The number of halogens is 1. The molecule has 1 aliphatic carbocycles. The molecule has 0 amide bonds. The fourth-order valence-corrected chi connectivity index (χ4v) is 5.76. The van der Waals surface area contributed by atoms with Crippen molar-refractivity contribution >= 4 is 34.9 Å². The summed E-state index contributed by atoms with van der Waals surface area (Å²) in [7, 11) is 0. The highest BCUT2D eigenvalue weighted by Gasteiger charge is 2.45. The normalized spacial score (nSPS) is 19.8. The first-order chi connectivity index (χ1) is 14.6. The lowest BCUT2D eigenvalue weighted by Gasteiger charge is -2.42. The van der Waals surface area contributed by atoms with Gasteiger partial charge in [0.15, 0.2) is 0 Å². The van der Waals surface area contributed by atoms with E-state index in [1.807, 2.05) is 18.3 Å². The molecule has 1 unspecified atom stereocenters. The van der Waals surface area contributed by atoms with Crippen LogP contribution in [0.5, 0.6) is 0 Å². The van der Waals surface area contributed by atoms with E-state index in [0.717, 1.165) is 48.1 Å². The molecule has 1 aromatic heterocycles. The van der Waals surface area contributed by atoms with E-state index in [9.17, 15) is 0 Å². The highest BCUT2D eigenvalue weighted by Crippen LogP contribution is 2.50. The van der Waals surface area contributed by atoms with Gasteiger partial charge in [0, 0.05) is 24.0 Å². The topological polar surface area (TPSA) is 81.1 Å². The van der Waals surface area contributed by atoms with Crippen molar-refractivity contribution in [3.8, 4) is 0 Å². The van der Waals surface area contributed by atoms with E-state index >= 15 is 0 Å². The number of nitrogens with two attached hydrogens (primary N) is 2. The van der Waals surface area contributed by atoms with Gasteiger partial charge < -0.3 is 16.4 Å². The molecule has 30 heavy (non-hydrogen) atoms. The van der Waals surface area contributed by atoms with Crippen LogP contribution in [0.4, 0.5) is 11.5 Å². The van der Waals surface area contributed by atoms with Gasteiger partial charge in [-0.25, -0.2) is 9.97 Å². The second-order valence-corrected chi connectivity index (χ2v) is 9.62. The summed E-state index contributed by atoms with van der Waals surface area (Å²) < 4.78 is 0. The number of benzene rings is 2. The van der Waals surface area contributed by atoms with E-state index in [-0.39, 0.29) is 11.5 Å². The molecule has 154 valence electrons. The standard InChI is InChI=1S/C23H24ClN5S/c24-21-17(25)6-3-7-18(21)30-20-14-27-19(13-28-20)29-10-8-23(9-11-29)12-15-4-1-2-5-16(15)22(23)26/h1-7,13-14,22H,8-12,25-26H2. The molecule has 0 radical (unpaired) electrons. The first-order valence-corrected chi connectivity index (χ1v) is 11.4. The second kappa shape index (κ2) is 7.76. The van der Waals surface area contributed by atoms with Gasteiger partial charge in [0.2, 0.25) is 0 Å². The molecule has 0 bridgehead atoms. The summed E-state index contributed by atoms with van der Waals surface area (Å²) in [4.78, 5) is 12.5. The highest BCUT2D eigenvalue weighted by molar-refractivity contribution is 7.99. The monoisotopic (exact) mass is 437 g/mol. The third-order valence-electron chi connectivity index (χ3n) is 6.50. The van der Waals surface area contributed by atoms with E-state index in [1.165, 1.54) is 22.9 Å². The zero-order chi connectivity index (χ0) is 20.7. The van der Waals surface area contributed by atoms with Crippen LogP contribution in [0.2, 0.25) is 5.02 Å². The molecule has 0 saturated carbocycles. The van der Waals surface area contributed by atoms with Crippen molar-refractivity contribution in [3.63, 3.8) is 0 Å². The van der Waals surface area contributed by atoms with Crippen molar-refractivity contribution in [2.24, 2.45) is 11.1 Å². The lowest BCUT2D eigenvalue weighted by Crippen LogP contribution is -2.44. The fourth-order valence-electron chi connectivity index (χ4n) is 4.73. The van der Waals surface area contributed by atoms with Crippen LogP contribution in [-0.2, 0) is 6.42 Å². The molecule has 2 heterocycles. The number of hydrogen-bond acceptors (Lipinski definition) is 6. The molecule has 1 fully saturated rings. The van der Waals surface area contributed by atoms with E-state index in [1.54, 1.807) is 12.3 Å². The van der Waals surface area contributed by atoms with Crippen molar-refractivity contribution in [1.82, 2.24) is 9.97 Å². The maximum absolute atomic E-state index is 6.69. The van der Waals surface area contributed by atoms with Gasteiger partial charge in [0.1, 0.15) is 10.8 Å². The molecule has 1 aliphatic heterocycles. The molecule has 2 aromatic carbocycles. The molecule has 1 saturated heterocycles. The van der Waals surface area contributed by atoms with Crippen LogP contribution in [0.25, 0.3) is 0 Å². The van der Waals surface area contributed by atoms with E-state index in [0.29, 0.717) is 10.7 Å². The summed E-state index contributed by atoms with van der Waals surface area (Å²) in [6.45, 7) is 1.90. The van der Waals surface area contributed by atoms with Crippen LogP contribution in [0.3, 0.4) is 0 Å². The van der Waals surface area contributed by atoms with Gasteiger partial charge >= 0.3 is 0 Å². The Kier molecular flexibility index (Phi) is 5.09. The summed E-state index contributed by atoms with van der Waals surface area (Å²) in [5.41, 5.74) is 16.1. The van der Waals surface area contributed by atoms with Crippen molar-refractivity contribution in [2.75, 3.05) is 23.7 Å². The average Bonchev–Trinajstić information content (AvgIpc) is 3.04. The first kappa shape index (κ1) is 19.7. The molecule has 5 nitrogen and oxygen atoms in total. The summed E-state index contributed by atoms with van der Waals surface area (Å²) in [6, 6.07) is 14.4. The number of nitrogen functional groups attached to an aromatic ring is 1. The molecule has 2 aliphatic rings. The van der Waals surface area contributed by atoms with Gasteiger partial charge in [0.05, 0.1) is 23.1 Å². The van der Waals surface area contributed by atoms with E-state index in [4.69, 9.17) is 23.1 Å². The van der Waals surface area contributed by atoms with E-state index < -0.39 is 0 Å². The van der Waals surface area contributed by atoms with Crippen molar-refractivity contribution in [3.05, 3.63) is 71.0 Å². The molecule has 1 atom stereocenters. The molecule has 7 heteroatoms. The zero-order valence-electron chi connectivity index (χ0n) is 16.6. The molecule has 1 spiro atoms. The minimum Gasteiger partial charge on any atom is -0.397 e. The van der Waals surface area contributed by atoms with Crippen LogP contribution in [0.15, 0.2) is 64.8 Å². The van der Waals surface area contributed by atoms with Gasteiger partial charge in [-0.05, 0) is 47.9 Å². The number of anilines is 2. The number of aromatic nitrogens is 2. The Hall–Kier alpha value is -2.28. The summed E-state index contributed by atoms with van der Waals surface area (Å²) >= 11 is 7.76. The third kappa shape index (κ3) is 3.43. The Morgan fingerprint density at radius 1 is 1.03 bits per heavy atom. The fraction of sp³-hybridized carbons (Fsp3) is 0.304. The lowest BCUT2D eigenvalue weighted by molar-refractivity contribution is 0.187. The predicted molar refractivity (Wildman–Crippen MR) is 123 cm³/mol. The quantitative estimate of drug-likeness (QED) is 0.577. The lowest BCUT2D eigenvalue weighted by atomic mass is 9.73. The Balaban J connectivity index is 1.26. The molecule has 5 rings (SSSR count). The number of nitrogens with zero attached hydrogens (tertiary/aromatic N) is 3. The van der Waals surface area contributed by atoms with Crippen LogP contribution >= 0.6 is 23.4 Å². The second-order valence-electron chi connectivity index (χ2n) is 8.18. The number of fused-ring (bicyclic) bond motifs is 1. The molecule has 3 aromatic rings. The first-order valence-electron chi connectivity index (χ1n) is 10.2. The Labute approximate surface area is 185 Å². The minimum atomic E-state index is 0.128. The van der Waals surface area contributed by atoms with Crippen molar-refractivity contribution in [1.29, 1.82) is 0 Å². The van der Waals surface area contributed by atoms with Gasteiger partial charge in [0.25, 0.3) is 0 Å². The van der Waals surface area contributed by atoms with Gasteiger partial charge in [-0.1, -0.05) is 53.7 Å². The number of rotatable bonds is 3. The third-order valence-corrected chi connectivity index (χ3v) is 8.01. The Bertz CT molecular complexity index is 1060. The minimum absolute atomic E-state index is 0.128. The van der Waals surface area contributed by atoms with Crippen LogP contribution in [-0.4, -0.2) is 23.1 Å². The number of piperidine rings is 1. The Morgan fingerprint density at radius 2 is 1.83 bits per heavy atom. The summed E-state index contributed by atoms with van der Waals surface area (Å²) in [5, 5.41) is 1.36. The van der Waals surface area contributed by atoms with Crippen molar-refractivity contribution in [2.45, 2.75) is 35.2 Å². The molecular weight excluding hydrogens is 414 g/mol. The molecular formula is C23H24ClN5S. The average molecular weight is 438 g/mol. The van der Waals surface area contributed by atoms with E-state index in [2.05, 4.69) is 39.1 Å². The smallest absolute Gasteiger partial charge is 0.147 e. The summed E-state index contributed by atoms with van der Waals surface area (Å²) in [6.07, 6.45) is 6.88. The van der Waals surface area contributed by atoms with Crippen molar-refractivity contribution < 1.29 is 0 Å². The predicted octanol–water partition coefficient (Wildman–Crippen LogP) is 4.71. The SMILES string of the molecule is Nc1cccc(Sc2cnc(N3CCC4(CC3)Cc3ccccc3C4N)cn2)c1Cl. The molecule has 4 N–H and O–H groups in total. The summed E-state index contributed by atoms with van der Waals surface area (Å²) in [5.74, 6) is 0.914. The maximum atomic E-state index is 6.69. The highest BCUT2D eigenvalue weighted by atomic mass is 35.5. The van der Waals surface area contributed by atoms with Crippen LogP contribution < -0.4 is 16.4 Å². The van der Waals surface area contributed by atoms with Gasteiger partial charge in [-0.2, -0.15) is 0 Å². The Morgan fingerprint density at radius 3 is 2.57 bits per heavy atom. The largest absolute Gasteiger partial charge is 0.397 e. The van der Waals surface area contributed by atoms with Crippen LogP contribution in [0, 0.1) is 5.41 Å². The van der Waals surface area contributed by atoms with Gasteiger partial charge in [-0.15, -0.1) is 0 Å². The maximum Gasteiger partial charge on any atom is 0.147 e. The van der Waals surface area contributed by atoms with Crippen LogP contribution in [0.1, 0.15) is 30.0 Å². The number of hydrogen-bond donors (Lipinski definition) is 2.